The van der Waals surface area contributed by atoms with Crippen molar-refractivity contribution in [3.8, 4) is 5.75 Å². The smallest absolute Gasteiger partial charge is 0.237 e. The summed E-state index contributed by atoms with van der Waals surface area (Å²) in [6.07, 6.45) is 10.3. The molecule has 4 rings (SSSR count). The second-order valence-corrected chi connectivity index (χ2v) is 8.88. The largest absolute Gasteiger partial charge is 0.489 e. The van der Waals surface area contributed by atoms with Gasteiger partial charge in [-0.15, -0.1) is 0 Å². The zero-order valence-electron chi connectivity index (χ0n) is 20.6. The maximum atomic E-state index is 13.2. The van der Waals surface area contributed by atoms with E-state index in [1.54, 1.807) is 18.5 Å². The molecule has 0 unspecified atom stereocenters. The number of hydrogen-bond donors (Lipinski definition) is 2. The predicted octanol–water partition coefficient (Wildman–Crippen LogP) is 4.21. The summed E-state index contributed by atoms with van der Waals surface area (Å²) in [5, 5.41) is 6.75. The van der Waals surface area contributed by atoms with E-state index >= 15 is 0 Å². The van der Waals surface area contributed by atoms with Gasteiger partial charge < -0.3 is 15.4 Å². The van der Waals surface area contributed by atoms with E-state index in [-0.39, 0.29) is 18.0 Å². The number of carbonyl (C=O) groups excluding carboxylic acids is 1. The van der Waals surface area contributed by atoms with Gasteiger partial charge in [0.15, 0.2) is 0 Å². The minimum Gasteiger partial charge on any atom is -0.489 e. The number of nitrogens with zero attached hydrogens (tertiary/aromatic N) is 2. The van der Waals surface area contributed by atoms with Gasteiger partial charge in [0, 0.05) is 50.2 Å². The topological polar surface area (TPSA) is 66.5 Å². The number of ether oxygens (including phenoxy) is 1. The molecule has 0 aliphatic carbocycles. The summed E-state index contributed by atoms with van der Waals surface area (Å²) in [6, 6.07) is 22.1. The lowest BCUT2D eigenvalue weighted by atomic mass is 10.1. The van der Waals surface area contributed by atoms with E-state index in [0.717, 1.165) is 35.4 Å². The molecule has 0 spiro atoms. The van der Waals surface area contributed by atoms with Crippen molar-refractivity contribution in [2.24, 2.45) is 0 Å². The first-order valence-corrected chi connectivity index (χ1v) is 12.4. The fourth-order valence-corrected chi connectivity index (χ4v) is 4.42. The number of para-hydroxylation sites is 1. The van der Waals surface area contributed by atoms with Gasteiger partial charge in [-0.05, 0) is 29.7 Å². The molecular formula is C30H34N4O2. The van der Waals surface area contributed by atoms with Gasteiger partial charge in [0.2, 0.25) is 5.91 Å². The van der Waals surface area contributed by atoms with Crippen LogP contribution in [-0.4, -0.2) is 47.6 Å². The highest BCUT2D eigenvalue weighted by Crippen LogP contribution is 2.22. The molecular weight excluding hydrogens is 448 g/mol. The Kier molecular flexibility index (Phi) is 9.42. The van der Waals surface area contributed by atoms with Crippen molar-refractivity contribution in [1.29, 1.82) is 0 Å². The van der Waals surface area contributed by atoms with E-state index < -0.39 is 0 Å². The van der Waals surface area contributed by atoms with Crippen molar-refractivity contribution in [3.63, 3.8) is 0 Å². The van der Waals surface area contributed by atoms with Crippen LogP contribution >= 0.6 is 0 Å². The number of rotatable bonds is 12. The molecule has 1 aliphatic heterocycles. The summed E-state index contributed by atoms with van der Waals surface area (Å²) in [7, 11) is 0. The SMILES string of the molecule is C=CCOc1ccccc1CN[C@H]1C[C@@H](C(=O)NCc2cccnc2)N(C/C=C/c2ccccc2)C1. The lowest BCUT2D eigenvalue weighted by Crippen LogP contribution is -2.43. The van der Waals surface area contributed by atoms with Gasteiger partial charge in [0.05, 0.1) is 6.04 Å². The number of pyridine rings is 1. The minimum atomic E-state index is -0.202. The molecule has 2 N–H and O–H groups in total. The van der Waals surface area contributed by atoms with Crippen LogP contribution < -0.4 is 15.4 Å². The van der Waals surface area contributed by atoms with Crippen LogP contribution in [0.25, 0.3) is 6.08 Å². The Balaban J connectivity index is 1.39. The van der Waals surface area contributed by atoms with Gasteiger partial charge in [-0.3, -0.25) is 14.7 Å². The summed E-state index contributed by atoms with van der Waals surface area (Å²) in [4.78, 5) is 19.6. The van der Waals surface area contributed by atoms with Gasteiger partial charge >= 0.3 is 0 Å². The van der Waals surface area contributed by atoms with Crippen LogP contribution in [-0.2, 0) is 17.9 Å². The van der Waals surface area contributed by atoms with Crippen LogP contribution in [0.4, 0.5) is 0 Å². The number of likely N-dealkylation sites (tertiary alicyclic amines) is 1. The monoisotopic (exact) mass is 482 g/mol. The quantitative estimate of drug-likeness (QED) is 0.379. The average Bonchev–Trinajstić information content (AvgIpc) is 3.34. The zero-order valence-corrected chi connectivity index (χ0v) is 20.6. The molecule has 1 amide bonds. The normalized spacial score (nSPS) is 17.8. The number of nitrogens with one attached hydrogen (secondary N) is 2. The highest BCUT2D eigenvalue weighted by molar-refractivity contribution is 5.82. The van der Waals surface area contributed by atoms with E-state index in [0.29, 0.717) is 26.2 Å². The molecule has 1 fully saturated rings. The number of carbonyl (C=O) groups is 1. The first-order valence-electron chi connectivity index (χ1n) is 12.4. The van der Waals surface area contributed by atoms with E-state index in [9.17, 15) is 4.79 Å². The molecule has 2 aromatic carbocycles. The molecule has 1 saturated heterocycles. The molecule has 3 aromatic rings. The highest BCUT2D eigenvalue weighted by Gasteiger charge is 2.35. The predicted molar refractivity (Wildman–Crippen MR) is 144 cm³/mol. The van der Waals surface area contributed by atoms with Gasteiger partial charge in [0.1, 0.15) is 12.4 Å². The fraction of sp³-hybridized carbons (Fsp3) is 0.267. The van der Waals surface area contributed by atoms with Crippen molar-refractivity contribution in [3.05, 3.63) is 115 Å². The molecule has 0 bridgehead atoms. The molecule has 186 valence electrons. The summed E-state index contributed by atoms with van der Waals surface area (Å²) in [6.45, 7) is 6.85. The summed E-state index contributed by atoms with van der Waals surface area (Å²) < 4.78 is 5.80. The lowest BCUT2D eigenvalue weighted by Gasteiger charge is -2.22. The molecule has 2 atom stereocenters. The maximum absolute atomic E-state index is 13.2. The Morgan fingerprint density at radius 1 is 1.08 bits per heavy atom. The van der Waals surface area contributed by atoms with E-state index in [2.05, 4.69) is 57.4 Å². The number of aromatic nitrogens is 1. The van der Waals surface area contributed by atoms with Crippen LogP contribution in [0, 0.1) is 0 Å². The van der Waals surface area contributed by atoms with Crippen LogP contribution in [0.15, 0.2) is 97.9 Å². The Morgan fingerprint density at radius 3 is 2.72 bits per heavy atom. The Morgan fingerprint density at radius 2 is 1.92 bits per heavy atom. The number of hydrogen-bond acceptors (Lipinski definition) is 5. The minimum absolute atomic E-state index is 0.0472. The molecule has 0 saturated carbocycles. The number of amides is 1. The second-order valence-electron chi connectivity index (χ2n) is 8.88. The van der Waals surface area contributed by atoms with Crippen molar-refractivity contribution >= 4 is 12.0 Å². The number of benzene rings is 2. The molecule has 1 aromatic heterocycles. The lowest BCUT2D eigenvalue weighted by molar-refractivity contribution is -0.125. The molecule has 36 heavy (non-hydrogen) atoms. The van der Waals surface area contributed by atoms with Crippen molar-refractivity contribution < 1.29 is 9.53 Å². The second kappa shape index (κ2) is 13.4. The molecule has 2 heterocycles. The summed E-state index contributed by atoms with van der Waals surface area (Å²) in [5.74, 6) is 0.905. The van der Waals surface area contributed by atoms with Gasteiger partial charge in [0.25, 0.3) is 0 Å². The first kappa shape index (κ1) is 25.4. The van der Waals surface area contributed by atoms with Gasteiger partial charge in [-0.25, -0.2) is 0 Å². The van der Waals surface area contributed by atoms with Crippen molar-refractivity contribution in [2.45, 2.75) is 31.6 Å². The Hall–Kier alpha value is -3.74. The third-order valence-corrected chi connectivity index (χ3v) is 6.26. The first-order chi connectivity index (χ1) is 17.7. The maximum Gasteiger partial charge on any atom is 0.237 e. The van der Waals surface area contributed by atoms with Crippen molar-refractivity contribution in [1.82, 2.24) is 20.5 Å². The highest BCUT2D eigenvalue weighted by atomic mass is 16.5. The third-order valence-electron chi connectivity index (χ3n) is 6.26. The Bertz CT molecular complexity index is 1130. The molecule has 0 radical (unpaired) electrons. The van der Waals surface area contributed by atoms with Crippen LogP contribution in [0.1, 0.15) is 23.1 Å². The van der Waals surface area contributed by atoms with E-state index in [4.69, 9.17) is 4.74 Å². The van der Waals surface area contributed by atoms with Gasteiger partial charge in [-0.2, -0.15) is 0 Å². The summed E-state index contributed by atoms with van der Waals surface area (Å²) >= 11 is 0. The average molecular weight is 483 g/mol. The van der Waals surface area contributed by atoms with Crippen LogP contribution in [0.5, 0.6) is 5.75 Å². The standard InChI is InChI=1S/C30H34N4O2/c1-2-18-36-29-15-7-6-14-26(29)22-32-27-19-28(30(35)33-21-25-12-8-16-31-20-25)34(23-27)17-9-13-24-10-4-3-5-11-24/h2-16,20,27-28,32H,1,17-19,21-23H2,(H,33,35)/b13-9+/t27-,28-/m0/s1. The van der Waals surface area contributed by atoms with E-state index in [1.807, 2.05) is 48.5 Å². The van der Waals surface area contributed by atoms with Crippen LogP contribution in [0.2, 0.25) is 0 Å². The van der Waals surface area contributed by atoms with E-state index in [1.165, 1.54) is 0 Å². The fourth-order valence-electron chi connectivity index (χ4n) is 4.42. The summed E-state index contributed by atoms with van der Waals surface area (Å²) in [5.41, 5.74) is 3.24. The van der Waals surface area contributed by atoms with Crippen LogP contribution in [0.3, 0.4) is 0 Å². The van der Waals surface area contributed by atoms with Gasteiger partial charge in [-0.1, -0.05) is 79.4 Å². The third kappa shape index (κ3) is 7.38. The van der Waals surface area contributed by atoms with Crippen molar-refractivity contribution in [2.75, 3.05) is 19.7 Å². The molecule has 6 nitrogen and oxygen atoms in total. The zero-order chi connectivity index (χ0) is 25.0. The Labute approximate surface area is 213 Å². The molecule has 1 aliphatic rings. The molecule has 6 heteroatoms.